The van der Waals surface area contributed by atoms with Crippen LogP contribution in [0.25, 0.3) is 0 Å². The lowest BCUT2D eigenvalue weighted by Gasteiger charge is -2.26. The van der Waals surface area contributed by atoms with Crippen molar-refractivity contribution in [1.82, 2.24) is 5.32 Å². The third-order valence-corrected chi connectivity index (χ3v) is 2.94. The van der Waals surface area contributed by atoms with E-state index in [4.69, 9.17) is 4.74 Å². The van der Waals surface area contributed by atoms with Crippen LogP contribution in [-0.2, 0) is 10.3 Å². The van der Waals surface area contributed by atoms with E-state index in [0.717, 1.165) is 5.56 Å². The lowest BCUT2D eigenvalue weighted by molar-refractivity contribution is -0.114. The molecular weight excluding hydrogens is 228 g/mol. The van der Waals surface area contributed by atoms with E-state index in [-0.39, 0.29) is 11.4 Å². The third-order valence-electron chi connectivity index (χ3n) is 2.94. The Morgan fingerprint density at radius 2 is 2.06 bits per heavy atom. The second-order valence-electron chi connectivity index (χ2n) is 4.70. The summed E-state index contributed by atoms with van der Waals surface area (Å²) in [5.41, 5.74) is 1.65. The number of benzene rings is 1. The molecule has 0 atom stereocenters. The summed E-state index contributed by atoms with van der Waals surface area (Å²) in [7, 11) is 1.91. The fourth-order valence-electron chi connectivity index (χ4n) is 1.63. The Hall–Kier alpha value is -1.55. The Bertz CT molecular complexity index is 428. The molecule has 2 N–H and O–H groups in total. The number of carbonyl (C=O) groups is 1. The van der Waals surface area contributed by atoms with Crippen molar-refractivity contribution in [3.63, 3.8) is 0 Å². The number of anilines is 1. The average Bonchev–Trinajstić information content (AvgIpc) is 2.31. The summed E-state index contributed by atoms with van der Waals surface area (Å²) in [6.45, 7) is 8.15. The summed E-state index contributed by atoms with van der Waals surface area (Å²) in [6, 6.07) is 5.85. The maximum absolute atomic E-state index is 11.2. The topological polar surface area (TPSA) is 50.4 Å². The predicted octanol–water partition coefficient (Wildman–Crippen LogP) is 2.50. The molecule has 0 unspecified atom stereocenters. The highest BCUT2D eigenvalue weighted by Gasteiger charge is 2.19. The molecule has 100 valence electrons. The molecule has 0 aliphatic heterocycles. The quantitative estimate of drug-likeness (QED) is 0.844. The minimum Gasteiger partial charge on any atom is -0.492 e. The average molecular weight is 250 g/mol. The molecule has 1 aromatic rings. The molecule has 4 heteroatoms. The van der Waals surface area contributed by atoms with Gasteiger partial charge < -0.3 is 15.4 Å². The molecule has 0 aliphatic rings. The molecule has 0 fully saturated rings. The lowest BCUT2D eigenvalue weighted by atomic mass is 9.94. The maximum Gasteiger partial charge on any atom is 0.221 e. The van der Waals surface area contributed by atoms with E-state index in [0.29, 0.717) is 18.0 Å². The maximum atomic E-state index is 11.2. The van der Waals surface area contributed by atoms with E-state index >= 15 is 0 Å². The minimum absolute atomic E-state index is 0.102. The highest BCUT2D eigenvalue weighted by molar-refractivity contribution is 5.90. The summed E-state index contributed by atoms with van der Waals surface area (Å²) in [5, 5.41) is 6.04. The molecule has 1 rings (SSSR count). The monoisotopic (exact) mass is 250 g/mol. The number of ether oxygens (including phenoxy) is 1. The molecule has 0 saturated carbocycles. The summed E-state index contributed by atoms with van der Waals surface area (Å²) in [5.74, 6) is 0.596. The van der Waals surface area contributed by atoms with Crippen LogP contribution in [0.2, 0.25) is 0 Å². The molecule has 0 spiro atoms. The molecular formula is C14H22N2O2. The van der Waals surface area contributed by atoms with Crippen molar-refractivity contribution in [2.24, 2.45) is 0 Å². The van der Waals surface area contributed by atoms with Gasteiger partial charge in [-0.25, -0.2) is 0 Å². The van der Waals surface area contributed by atoms with E-state index in [1.807, 2.05) is 32.2 Å². The number of hydrogen-bond acceptors (Lipinski definition) is 3. The first-order valence-electron chi connectivity index (χ1n) is 6.14. The number of amides is 1. The zero-order valence-electron chi connectivity index (χ0n) is 11.8. The lowest BCUT2D eigenvalue weighted by Crippen LogP contribution is -2.33. The van der Waals surface area contributed by atoms with Gasteiger partial charge in [-0.05, 0) is 45.5 Å². The highest BCUT2D eigenvalue weighted by atomic mass is 16.5. The van der Waals surface area contributed by atoms with Gasteiger partial charge in [-0.3, -0.25) is 4.79 Å². The van der Waals surface area contributed by atoms with Crippen LogP contribution in [0.4, 0.5) is 5.69 Å². The van der Waals surface area contributed by atoms with Crippen LogP contribution in [-0.4, -0.2) is 19.6 Å². The first-order valence-corrected chi connectivity index (χ1v) is 6.14. The van der Waals surface area contributed by atoms with Gasteiger partial charge >= 0.3 is 0 Å². The summed E-state index contributed by atoms with van der Waals surface area (Å²) in [6.07, 6.45) is 0. The molecule has 0 radical (unpaired) electrons. The fourth-order valence-corrected chi connectivity index (χ4v) is 1.63. The molecule has 18 heavy (non-hydrogen) atoms. The van der Waals surface area contributed by atoms with Crippen LogP contribution in [0.1, 0.15) is 33.3 Å². The van der Waals surface area contributed by atoms with Crippen LogP contribution in [0.5, 0.6) is 5.75 Å². The van der Waals surface area contributed by atoms with Crippen molar-refractivity contribution in [1.29, 1.82) is 0 Å². The number of nitrogens with one attached hydrogen (secondary N) is 2. The van der Waals surface area contributed by atoms with Gasteiger partial charge in [0.05, 0.1) is 12.3 Å². The number of carbonyl (C=O) groups excluding carboxylic acids is 1. The summed E-state index contributed by atoms with van der Waals surface area (Å²) < 4.78 is 5.50. The van der Waals surface area contributed by atoms with Gasteiger partial charge in [0.2, 0.25) is 5.91 Å². The van der Waals surface area contributed by atoms with Gasteiger partial charge in [0.1, 0.15) is 5.75 Å². The van der Waals surface area contributed by atoms with Gasteiger partial charge in [0.15, 0.2) is 0 Å². The second-order valence-corrected chi connectivity index (χ2v) is 4.70. The van der Waals surface area contributed by atoms with Crippen molar-refractivity contribution in [2.45, 2.75) is 33.2 Å². The number of rotatable bonds is 5. The Morgan fingerprint density at radius 1 is 1.39 bits per heavy atom. The Morgan fingerprint density at radius 3 is 2.56 bits per heavy atom. The molecule has 0 saturated heterocycles. The smallest absolute Gasteiger partial charge is 0.221 e. The van der Waals surface area contributed by atoms with Crippen LogP contribution in [0.3, 0.4) is 0 Å². The number of hydrogen-bond donors (Lipinski definition) is 2. The highest BCUT2D eigenvalue weighted by Crippen LogP contribution is 2.30. The summed E-state index contributed by atoms with van der Waals surface area (Å²) in [4.78, 5) is 11.2. The fraction of sp³-hybridized carbons (Fsp3) is 0.500. The van der Waals surface area contributed by atoms with Gasteiger partial charge in [0, 0.05) is 12.5 Å². The Labute approximate surface area is 109 Å². The molecule has 1 amide bonds. The van der Waals surface area contributed by atoms with Crippen LogP contribution in [0, 0.1) is 0 Å². The van der Waals surface area contributed by atoms with E-state index in [1.54, 1.807) is 0 Å². The zero-order valence-corrected chi connectivity index (χ0v) is 11.8. The van der Waals surface area contributed by atoms with Gasteiger partial charge in [0.25, 0.3) is 0 Å². The Kier molecular flexibility index (Phi) is 4.73. The third kappa shape index (κ3) is 3.47. The molecule has 0 aromatic heterocycles. The largest absolute Gasteiger partial charge is 0.492 e. The van der Waals surface area contributed by atoms with Crippen LogP contribution < -0.4 is 15.4 Å². The van der Waals surface area contributed by atoms with Crippen LogP contribution in [0.15, 0.2) is 18.2 Å². The Balaban J connectivity index is 3.16. The normalized spacial score (nSPS) is 11.2. The van der Waals surface area contributed by atoms with Gasteiger partial charge in [-0.2, -0.15) is 0 Å². The molecule has 1 aromatic carbocycles. The molecule has 0 heterocycles. The van der Waals surface area contributed by atoms with E-state index in [1.165, 1.54) is 6.92 Å². The predicted molar refractivity (Wildman–Crippen MR) is 74.0 cm³/mol. The minimum atomic E-state index is -0.155. The van der Waals surface area contributed by atoms with Crippen molar-refractivity contribution in [3.05, 3.63) is 23.8 Å². The van der Waals surface area contributed by atoms with Gasteiger partial charge in [-0.1, -0.05) is 6.07 Å². The SMILES string of the molecule is CCOc1ccc(C(C)(C)NC)cc1NC(C)=O. The molecule has 0 bridgehead atoms. The van der Waals surface area contributed by atoms with Gasteiger partial charge in [-0.15, -0.1) is 0 Å². The summed E-state index contributed by atoms with van der Waals surface area (Å²) >= 11 is 0. The first kappa shape index (κ1) is 14.5. The molecule has 4 nitrogen and oxygen atoms in total. The van der Waals surface area contributed by atoms with E-state index < -0.39 is 0 Å². The van der Waals surface area contributed by atoms with Crippen molar-refractivity contribution in [3.8, 4) is 5.75 Å². The standard InChI is InChI=1S/C14H22N2O2/c1-6-18-13-8-7-11(14(3,4)15-5)9-12(13)16-10(2)17/h7-9,15H,6H2,1-5H3,(H,16,17). The second kappa shape index (κ2) is 5.87. The van der Waals surface area contributed by atoms with Crippen molar-refractivity contribution in [2.75, 3.05) is 19.0 Å². The zero-order chi connectivity index (χ0) is 13.8. The van der Waals surface area contributed by atoms with Crippen molar-refractivity contribution >= 4 is 11.6 Å². The van der Waals surface area contributed by atoms with E-state index in [9.17, 15) is 4.79 Å². The van der Waals surface area contributed by atoms with E-state index in [2.05, 4.69) is 24.5 Å². The van der Waals surface area contributed by atoms with Crippen LogP contribution >= 0.6 is 0 Å². The molecule has 0 aliphatic carbocycles. The van der Waals surface area contributed by atoms with Crippen molar-refractivity contribution < 1.29 is 9.53 Å². The first-order chi connectivity index (χ1) is 8.40.